The third-order valence-corrected chi connectivity index (χ3v) is 6.35. The Morgan fingerprint density at radius 1 is 1.03 bits per heavy atom. The Morgan fingerprint density at radius 2 is 1.79 bits per heavy atom. The van der Waals surface area contributed by atoms with Crippen LogP contribution in [0.25, 0.3) is 10.9 Å². The van der Waals surface area contributed by atoms with Crippen LogP contribution < -0.4 is 14.2 Å². The van der Waals surface area contributed by atoms with Crippen molar-refractivity contribution in [2.24, 2.45) is 0 Å². The Labute approximate surface area is 175 Å². The fourth-order valence-corrected chi connectivity index (χ4v) is 4.55. The van der Waals surface area contributed by atoms with E-state index in [4.69, 9.17) is 25.8 Å². The average molecular weight is 439 g/mol. The van der Waals surface area contributed by atoms with Gasteiger partial charge in [0.2, 0.25) is 0 Å². The lowest BCUT2D eigenvalue weighted by Crippen LogP contribution is -2.19. The molecule has 0 fully saturated rings. The zero-order valence-corrected chi connectivity index (χ0v) is 18.2. The molecule has 0 amide bonds. The van der Waals surface area contributed by atoms with Crippen LogP contribution in [0.15, 0.2) is 47.5 Å². The van der Waals surface area contributed by atoms with Crippen LogP contribution in [-0.2, 0) is 10.0 Å². The Morgan fingerprint density at radius 3 is 2.45 bits per heavy atom. The van der Waals surface area contributed by atoms with Gasteiger partial charge in [-0.3, -0.25) is 0 Å². The van der Waals surface area contributed by atoms with Crippen LogP contribution in [0.2, 0.25) is 5.02 Å². The Balaban J connectivity index is 2.14. The van der Waals surface area contributed by atoms with Gasteiger partial charge in [-0.2, -0.15) is 0 Å². The van der Waals surface area contributed by atoms with Gasteiger partial charge in [-0.05, 0) is 44.4 Å². The predicted molar refractivity (Wildman–Crippen MR) is 113 cm³/mol. The van der Waals surface area contributed by atoms with Crippen molar-refractivity contribution in [1.29, 1.82) is 0 Å². The average Bonchev–Trinajstić information content (AvgIpc) is 3.05. The molecule has 0 atom stereocenters. The zero-order valence-electron chi connectivity index (χ0n) is 16.7. The molecular formula is C20H23ClN2O5S. The van der Waals surface area contributed by atoms with Gasteiger partial charge in [0.1, 0.15) is 28.8 Å². The van der Waals surface area contributed by atoms with Crippen LogP contribution in [0.1, 0.15) is 0 Å². The van der Waals surface area contributed by atoms with Crippen LogP contribution in [-0.4, -0.2) is 58.8 Å². The van der Waals surface area contributed by atoms with E-state index in [1.807, 2.05) is 19.0 Å². The topological polar surface area (TPSA) is 70.0 Å². The molecule has 1 heterocycles. The van der Waals surface area contributed by atoms with E-state index in [0.717, 1.165) is 0 Å². The molecule has 0 unspecified atom stereocenters. The van der Waals surface area contributed by atoms with E-state index in [2.05, 4.69) is 0 Å². The highest BCUT2D eigenvalue weighted by Gasteiger charge is 2.26. The molecule has 0 aliphatic heterocycles. The van der Waals surface area contributed by atoms with E-state index in [9.17, 15) is 8.42 Å². The van der Waals surface area contributed by atoms with Crippen molar-refractivity contribution in [2.45, 2.75) is 4.90 Å². The Kier molecular flexibility index (Phi) is 6.26. The quantitative estimate of drug-likeness (QED) is 0.536. The lowest BCUT2D eigenvalue weighted by atomic mass is 10.2. The molecule has 0 saturated heterocycles. The molecule has 156 valence electrons. The summed E-state index contributed by atoms with van der Waals surface area (Å²) in [6.45, 7) is 1.11. The second-order valence-electron chi connectivity index (χ2n) is 6.62. The minimum Gasteiger partial charge on any atom is -0.497 e. The van der Waals surface area contributed by atoms with E-state index in [0.29, 0.717) is 40.6 Å². The first-order valence-corrected chi connectivity index (χ1v) is 10.7. The number of halogens is 1. The van der Waals surface area contributed by atoms with E-state index < -0.39 is 10.0 Å². The number of hydrogen-bond donors (Lipinski definition) is 0. The number of hydrogen-bond acceptors (Lipinski definition) is 6. The number of nitrogens with zero attached hydrogens (tertiary/aromatic N) is 2. The molecule has 0 bridgehead atoms. The number of fused-ring (bicyclic) bond motifs is 1. The molecule has 1 aromatic heterocycles. The fraction of sp³-hybridized carbons (Fsp3) is 0.300. The minimum atomic E-state index is -3.98. The van der Waals surface area contributed by atoms with Crippen molar-refractivity contribution in [2.75, 3.05) is 41.5 Å². The van der Waals surface area contributed by atoms with Gasteiger partial charge in [-0.25, -0.2) is 12.4 Å². The first-order valence-electron chi connectivity index (χ1n) is 8.83. The summed E-state index contributed by atoms with van der Waals surface area (Å²) in [7, 11) is 2.80. The maximum Gasteiger partial charge on any atom is 0.271 e. The summed E-state index contributed by atoms with van der Waals surface area (Å²) in [4.78, 5) is 1.99. The molecule has 3 aromatic rings. The van der Waals surface area contributed by atoms with Crippen molar-refractivity contribution in [3.8, 4) is 17.2 Å². The van der Waals surface area contributed by atoms with Gasteiger partial charge in [0.05, 0.1) is 25.9 Å². The molecule has 3 rings (SSSR count). The van der Waals surface area contributed by atoms with E-state index in [-0.39, 0.29) is 10.6 Å². The first kappa shape index (κ1) is 21.3. The second-order valence-corrected chi connectivity index (χ2v) is 8.84. The van der Waals surface area contributed by atoms with Gasteiger partial charge in [0.25, 0.3) is 10.0 Å². The lowest BCUT2D eigenvalue weighted by Gasteiger charge is -2.12. The predicted octanol–water partition coefficient (Wildman–Crippen LogP) is 3.49. The number of ether oxygens (including phenoxy) is 3. The van der Waals surface area contributed by atoms with Crippen LogP contribution in [0.3, 0.4) is 0 Å². The Hall–Kier alpha value is -2.42. The van der Waals surface area contributed by atoms with Crippen LogP contribution in [0.4, 0.5) is 0 Å². The third-order valence-electron chi connectivity index (χ3n) is 4.40. The van der Waals surface area contributed by atoms with Crippen LogP contribution in [0, 0.1) is 0 Å². The summed E-state index contributed by atoms with van der Waals surface area (Å²) >= 11 is 6.14. The monoisotopic (exact) mass is 438 g/mol. The molecule has 0 aliphatic rings. The van der Waals surface area contributed by atoms with Gasteiger partial charge in [-0.1, -0.05) is 11.6 Å². The fourth-order valence-electron chi connectivity index (χ4n) is 2.89. The highest BCUT2D eigenvalue weighted by molar-refractivity contribution is 7.90. The largest absolute Gasteiger partial charge is 0.497 e. The van der Waals surface area contributed by atoms with Gasteiger partial charge < -0.3 is 19.1 Å². The summed E-state index contributed by atoms with van der Waals surface area (Å²) in [6, 6.07) is 9.61. The van der Waals surface area contributed by atoms with Crippen LogP contribution in [0.5, 0.6) is 17.2 Å². The second kappa shape index (κ2) is 8.52. The number of likely N-dealkylation sites (N-methyl/N-ethyl adjacent to an activating group) is 1. The summed E-state index contributed by atoms with van der Waals surface area (Å²) in [5.41, 5.74) is 0.426. The SMILES string of the molecule is COc1ccc(S(=O)(=O)n2cc(OCCN(C)C)c3ccc(Cl)cc32)c(OC)c1. The van der Waals surface area contributed by atoms with Gasteiger partial charge in [0.15, 0.2) is 0 Å². The summed E-state index contributed by atoms with van der Waals surface area (Å²) < 4.78 is 44.4. The number of methoxy groups -OCH3 is 2. The van der Waals surface area contributed by atoms with Crippen LogP contribution >= 0.6 is 11.6 Å². The summed E-state index contributed by atoms with van der Waals surface area (Å²) in [5, 5.41) is 1.08. The molecule has 9 heteroatoms. The Bertz CT molecular complexity index is 1130. The normalized spacial score (nSPS) is 11.8. The van der Waals surface area contributed by atoms with E-state index in [1.54, 1.807) is 24.3 Å². The lowest BCUT2D eigenvalue weighted by molar-refractivity contribution is 0.263. The molecular weight excluding hydrogens is 416 g/mol. The molecule has 0 N–H and O–H groups in total. The van der Waals surface area contributed by atoms with Crippen molar-refractivity contribution in [3.63, 3.8) is 0 Å². The maximum absolute atomic E-state index is 13.5. The molecule has 0 saturated carbocycles. The molecule has 29 heavy (non-hydrogen) atoms. The molecule has 0 spiro atoms. The molecule has 0 radical (unpaired) electrons. The van der Waals surface area contributed by atoms with Gasteiger partial charge in [-0.15, -0.1) is 0 Å². The maximum atomic E-state index is 13.5. The number of rotatable bonds is 8. The summed E-state index contributed by atoms with van der Waals surface area (Å²) in [5.74, 6) is 1.15. The van der Waals surface area contributed by atoms with Crippen molar-refractivity contribution in [1.82, 2.24) is 8.87 Å². The highest BCUT2D eigenvalue weighted by Crippen LogP contribution is 2.36. The number of benzene rings is 2. The smallest absolute Gasteiger partial charge is 0.271 e. The zero-order chi connectivity index (χ0) is 21.2. The van der Waals surface area contributed by atoms with Gasteiger partial charge in [0, 0.05) is 23.0 Å². The first-order chi connectivity index (χ1) is 13.8. The summed E-state index contributed by atoms with van der Waals surface area (Å²) in [6.07, 6.45) is 1.47. The third kappa shape index (κ3) is 4.29. The molecule has 2 aromatic carbocycles. The standard InChI is InChI=1S/C20H23ClN2O5S/c1-22(2)9-10-28-19-13-23(17-11-14(21)5-7-16(17)19)29(24,25)20-8-6-15(26-3)12-18(20)27-4/h5-8,11-13H,9-10H2,1-4H3. The molecule has 0 aliphatic carbocycles. The highest BCUT2D eigenvalue weighted by atomic mass is 35.5. The van der Waals surface area contributed by atoms with Crippen molar-refractivity contribution < 1.29 is 22.6 Å². The minimum absolute atomic E-state index is 0.0116. The van der Waals surface area contributed by atoms with Crippen molar-refractivity contribution in [3.05, 3.63) is 47.6 Å². The number of aromatic nitrogens is 1. The molecule has 7 nitrogen and oxygen atoms in total. The van der Waals surface area contributed by atoms with Crippen molar-refractivity contribution >= 4 is 32.5 Å². The van der Waals surface area contributed by atoms with E-state index in [1.165, 1.54) is 36.5 Å². The van der Waals surface area contributed by atoms with E-state index >= 15 is 0 Å². The van der Waals surface area contributed by atoms with Gasteiger partial charge >= 0.3 is 0 Å².